The molecule has 2 aromatic carbocycles. The molecule has 2 aromatic rings. The summed E-state index contributed by atoms with van der Waals surface area (Å²) < 4.78 is 5.48. The molecule has 1 atom stereocenters. The molecule has 3 rings (SSSR count). The standard InChI is InChI=1S/C28H26O7/c1-15(2)5-11-24(19-14-23(32)26-21(30)8-9-22(31)27(26)28(19)34)35-25(33)12-10-20(29)18-13-16(3)6-7-17(18)4/h5-10,12-14,24,30-31H,11H2,1-4H3/b12-10-/t24-/m1/s1. The van der Waals surface area contributed by atoms with E-state index in [0.717, 1.165) is 47.1 Å². The molecular weight excluding hydrogens is 448 g/mol. The Labute approximate surface area is 203 Å². The van der Waals surface area contributed by atoms with Crippen molar-refractivity contribution in [3.63, 3.8) is 0 Å². The molecule has 2 N–H and O–H groups in total. The van der Waals surface area contributed by atoms with E-state index in [1.165, 1.54) is 0 Å². The number of fused-ring (bicyclic) bond motifs is 1. The van der Waals surface area contributed by atoms with Crippen molar-refractivity contribution in [2.24, 2.45) is 0 Å². The first kappa shape index (κ1) is 25.4. The quantitative estimate of drug-likeness (QED) is 0.196. The second-order valence-electron chi connectivity index (χ2n) is 8.61. The van der Waals surface area contributed by atoms with Gasteiger partial charge >= 0.3 is 5.97 Å². The van der Waals surface area contributed by atoms with Crippen LogP contribution in [0.5, 0.6) is 11.5 Å². The number of hydrogen-bond acceptors (Lipinski definition) is 7. The van der Waals surface area contributed by atoms with Crippen LogP contribution in [0.15, 0.2) is 65.8 Å². The van der Waals surface area contributed by atoms with Crippen molar-refractivity contribution >= 4 is 23.3 Å². The zero-order valence-electron chi connectivity index (χ0n) is 19.9. The van der Waals surface area contributed by atoms with Crippen LogP contribution < -0.4 is 0 Å². The van der Waals surface area contributed by atoms with E-state index < -0.39 is 35.1 Å². The minimum absolute atomic E-state index is 0.0899. The molecule has 0 fully saturated rings. The fourth-order valence-electron chi connectivity index (χ4n) is 3.72. The summed E-state index contributed by atoms with van der Waals surface area (Å²) in [6, 6.07) is 7.65. The maximum absolute atomic E-state index is 13.1. The number of hydrogen-bond donors (Lipinski definition) is 2. The number of esters is 1. The molecule has 0 heterocycles. The number of allylic oxidation sites excluding steroid dienone is 3. The highest BCUT2D eigenvalue weighted by Crippen LogP contribution is 2.36. The summed E-state index contributed by atoms with van der Waals surface area (Å²) in [6.07, 6.45) is 3.76. The molecule has 0 amide bonds. The van der Waals surface area contributed by atoms with Gasteiger partial charge in [-0.3, -0.25) is 14.4 Å². The van der Waals surface area contributed by atoms with Gasteiger partial charge < -0.3 is 14.9 Å². The Morgan fingerprint density at radius 3 is 2.29 bits per heavy atom. The van der Waals surface area contributed by atoms with E-state index in [1.807, 2.05) is 32.9 Å². The lowest BCUT2D eigenvalue weighted by atomic mass is 9.85. The molecule has 0 bridgehead atoms. The molecule has 7 heteroatoms. The number of aryl methyl sites for hydroxylation is 2. The minimum atomic E-state index is -1.15. The van der Waals surface area contributed by atoms with E-state index in [4.69, 9.17) is 4.74 Å². The monoisotopic (exact) mass is 474 g/mol. The number of carbonyl (C=O) groups is 4. The molecule has 1 aliphatic carbocycles. The summed E-state index contributed by atoms with van der Waals surface area (Å²) in [5, 5.41) is 20.2. The van der Waals surface area contributed by atoms with E-state index in [2.05, 4.69) is 0 Å². The van der Waals surface area contributed by atoms with Crippen molar-refractivity contribution in [3.8, 4) is 11.5 Å². The Morgan fingerprint density at radius 2 is 1.63 bits per heavy atom. The van der Waals surface area contributed by atoms with Crippen LogP contribution in [0, 0.1) is 13.8 Å². The van der Waals surface area contributed by atoms with E-state index in [-0.39, 0.29) is 28.9 Å². The van der Waals surface area contributed by atoms with Gasteiger partial charge in [0.25, 0.3) is 0 Å². The largest absolute Gasteiger partial charge is 0.507 e. The topological polar surface area (TPSA) is 118 Å². The van der Waals surface area contributed by atoms with E-state index in [9.17, 15) is 29.4 Å². The first-order chi connectivity index (χ1) is 16.5. The third-order valence-corrected chi connectivity index (χ3v) is 5.56. The molecule has 0 unspecified atom stereocenters. The Morgan fingerprint density at radius 1 is 0.971 bits per heavy atom. The van der Waals surface area contributed by atoms with Gasteiger partial charge in [0.05, 0.1) is 11.1 Å². The molecule has 0 saturated heterocycles. The predicted octanol–water partition coefficient (Wildman–Crippen LogP) is 4.73. The molecule has 180 valence electrons. The number of rotatable bonds is 7. The van der Waals surface area contributed by atoms with Gasteiger partial charge in [-0.25, -0.2) is 4.79 Å². The summed E-state index contributed by atoms with van der Waals surface area (Å²) in [4.78, 5) is 51.0. The van der Waals surface area contributed by atoms with Crippen LogP contribution >= 0.6 is 0 Å². The van der Waals surface area contributed by atoms with Crippen molar-refractivity contribution < 1.29 is 34.1 Å². The Bertz CT molecular complexity index is 1320. The van der Waals surface area contributed by atoms with Crippen LogP contribution in [0.4, 0.5) is 0 Å². The maximum Gasteiger partial charge on any atom is 0.331 e. The molecule has 0 radical (unpaired) electrons. The lowest BCUT2D eigenvalue weighted by Crippen LogP contribution is -2.28. The Hall–Kier alpha value is -4.26. The summed E-state index contributed by atoms with van der Waals surface area (Å²) in [7, 11) is 0. The predicted molar refractivity (Wildman–Crippen MR) is 130 cm³/mol. The third-order valence-electron chi connectivity index (χ3n) is 5.56. The summed E-state index contributed by atoms with van der Waals surface area (Å²) >= 11 is 0. The molecule has 1 aliphatic rings. The average molecular weight is 475 g/mol. The summed E-state index contributed by atoms with van der Waals surface area (Å²) in [5.41, 5.74) is 2.23. The Kier molecular flexibility index (Phi) is 7.49. The zero-order chi connectivity index (χ0) is 25.9. The van der Waals surface area contributed by atoms with Crippen molar-refractivity contribution in [1.29, 1.82) is 0 Å². The Balaban J connectivity index is 1.89. The van der Waals surface area contributed by atoms with Crippen LogP contribution in [0.2, 0.25) is 0 Å². The highest BCUT2D eigenvalue weighted by Gasteiger charge is 2.35. The number of Topliss-reactive ketones (excluding diaryl/α,β-unsaturated/α-hetero) is 1. The van der Waals surface area contributed by atoms with Gasteiger partial charge in [0.15, 0.2) is 17.3 Å². The molecule has 35 heavy (non-hydrogen) atoms. The van der Waals surface area contributed by atoms with Crippen LogP contribution in [-0.4, -0.2) is 39.6 Å². The van der Waals surface area contributed by atoms with E-state index >= 15 is 0 Å². The van der Waals surface area contributed by atoms with Crippen molar-refractivity contribution in [1.82, 2.24) is 0 Å². The summed E-state index contributed by atoms with van der Waals surface area (Å²) in [6.45, 7) is 7.29. The molecule has 7 nitrogen and oxygen atoms in total. The smallest absolute Gasteiger partial charge is 0.331 e. The van der Waals surface area contributed by atoms with Gasteiger partial charge in [-0.05, 0) is 63.6 Å². The summed E-state index contributed by atoms with van der Waals surface area (Å²) in [5.74, 6) is -3.57. The third kappa shape index (κ3) is 5.63. The number of carbonyl (C=O) groups excluding carboxylic acids is 4. The SMILES string of the molecule is CC(C)=CC[C@@H](OC(=O)/C=C\C(=O)c1cc(C)ccc1C)C1=CC(=O)c2c(O)ccc(O)c2C1=O. The van der Waals surface area contributed by atoms with Gasteiger partial charge in [0, 0.05) is 23.6 Å². The fraction of sp³-hybridized carbons (Fsp3) is 0.214. The van der Waals surface area contributed by atoms with Crippen LogP contribution in [0.3, 0.4) is 0 Å². The second-order valence-corrected chi connectivity index (χ2v) is 8.61. The van der Waals surface area contributed by atoms with Crippen molar-refractivity contribution in [2.45, 2.75) is 40.2 Å². The number of ketones is 3. The van der Waals surface area contributed by atoms with Gasteiger partial charge in [0.2, 0.25) is 0 Å². The molecule has 0 aliphatic heterocycles. The molecule has 0 aromatic heterocycles. The number of ether oxygens (including phenoxy) is 1. The van der Waals surface area contributed by atoms with Gasteiger partial charge in [-0.15, -0.1) is 0 Å². The maximum atomic E-state index is 13.1. The van der Waals surface area contributed by atoms with Gasteiger partial charge in [0.1, 0.15) is 17.6 Å². The number of benzene rings is 2. The minimum Gasteiger partial charge on any atom is -0.507 e. The van der Waals surface area contributed by atoms with E-state index in [0.29, 0.717) is 5.56 Å². The van der Waals surface area contributed by atoms with Crippen LogP contribution in [-0.2, 0) is 9.53 Å². The normalized spacial score (nSPS) is 13.8. The molecular formula is C28H26O7. The molecule has 0 spiro atoms. The lowest BCUT2D eigenvalue weighted by molar-refractivity contribution is -0.141. The molecule has 0 saturated carbocycles. The average Bonchev–Trinajstić information content (AvgIpc) is 2.80. The number of phenols is 2. The first-order valence-electron chi connectivity index (χ1n) is 11.0. The zero-order valence-corrected chi connectivity index (χ0v) is 19.9. The van der Waals surface area contributed by atoms with E-state index in [1.54, 1.807) is 19.1 Å². The van der Waals surface area contributed by atoms with Gasteiger partial charge in [-0.2, -0.15) is 0 Å². The fourth-order valence-corrected chi connectivity index (χ4v) is 3.72. The van der Waals surface area contributed by atoms with Gasteiger partial charge in [-0.1, -0.05) is 29.3 Å². The van der Waals surface area contributed by atoms with Crippen LogP contribution in [0.25, 0.3) is 0 Å². The van der Waals surface area contributed by atoms with Crippen molar-refractivity contribution in [2.75, 3.05) is 0 Å². The van der Waals surface area contributed by atoms with Crippen molar-refractivity contribution in [3.05, 3.63) is 93.6 Å². The number of phenolic OH excluding ortho intramolecular Hbond substituents is 2. The highest BCUT2D eigenvalue weighted by molar-refractivity contribution is 6.27. The first-order valence-corrected chi connectivity index (χ1v) is 11.0. The second kappa shape index (κ2) is 10.3. The van der Waals surface area contributed by atoms with Crippen LogP contribution in [0.1, 0.15) is 62.5 Å². The number of aromatic hydroxyl groups is 2. The lowest BCUT2D eigenvalue weighted by Gasteiger charge is -2.23. The highest BCUT2D eigenvalue weighted by atomic mass is 16.5.